The molecule has 2 N–H and O–H groups in total. The molecule has 1 unspecified atom stereocenters. The third kappa shape index (κ3) is 29.2. The summed E-state index contributed by atoms with van der Waals surface area (Å²) < 4.78 is 0. The van der Waals surface area contributed by atoms with Crippen molar-refractivity contribution in [3.63, 3.8) is 0 Å². The van der Waals surface area contributed by atoms with Gasteiger partial charge >= 0.3 is 0 Å². The highest BCUT2D eigenvalue weighted by molar-refractivity contribution is 5.85. The van der Waals surface area contributed by atoms with Crippen LogP contribution in [0.2, 0.25) is 0 Å². The summed E-state index contributed by atoms with van der Waals surface area (Å²) in [6, 6.07) is 0.381. The smallest absolute Gasteiger partial charge is 0.00902 e. The molecule has 0 heterocycles. The van der Waals surface area contributed by atoms with Gasteiger partial charge < -0.3 is 5.73 Å². The fraction of sp³-hybridized carbons (Fsp3) is 1.00. The van der Waals surface area contributed by atoms with Crippen molar-refractivity contribution >= 4 is 12.4 Å². The molecule has 0 saturated carbocycles. The van der Waals surface area contributed by atoms with Crippen LogP contribution in [0.1, 0.15) is 220 Å². The van der Waals surface area contributed by atoms with E-state index in [9.17, 15) is 0 Å². The van der Waals surface area contributed by atoms with Gasteiger partial charge in [-0.2, -0.15) is 0 Å². The van der Waals surface area contributed by atoms with Gasteiger partial charge in [-0.1, -0.05) is 207 Å². The van der Waals surface area contributed by atoms with E-state index in [1.165, 1.54) is 193 Å². The Morgan fingerprint density at radius 1 is 0.395 bits per heavy atom. The third-order valence-corrected chi connectivity index (χ3v) is 9.05. The van der Waals surface area contributed by atoms with Gasteiger partial charge in [-0.3, -0.25) is 0 Å². The van der Waals surface area contributed by atoms with Gasteiger partial charge in [0.2, 0.25) is 0 Å². The molecule has 38 heavy (non-hydrogen) atoms. The van der Waals surface area contributed by atoms with Crippen molar-refractivity contribution in [2.45, 2.75) is 226 Å². The van der Waals surface area contributed by atoms with Crippen LogP contribution in [0.15, 0.2) is 0 Å². The van der Waals surface area contributed by atoms with E-state index >= 15 is 0 Å². The minimum absolute atomic E-state index is 0. The number of hydrogen-bond acceptors (Lipinski definition) is 1. The van der Waals surface area contributed by atoms with E-state index in [1.807, 2.05) is 0 Å². The number of halogens is 1. The van der Waals surface area contributed by atoms with E-state index in [2.05, 4.69) is 27.7 Å². The molecule has 0 bridgehead atoms. The van der Waals surface area contributed by atoms with Crippen molar-refractivity contribution in [3.05, 3.63) is 0 Å². The molecule has 0 amide bonds. The van der Waals surface area contributed by atoms with Gasteiger partial charge in [0.05, 0.1) is 0 Å². The maximum absolute atomic E-state index is 6.65. The number of nitrogens with two attached hydrogens (primary N) is 1. The molecule has 0 saturated heterocycles. The summed E-state index contributed by atoms with van der Waals surface area (Å²) in [5, 5.41) is 0. The van der Waals surface area contributed by atoms with Crippen molar-refractivity contribution < 1.29 is 0 Å². The Morgan fingerprint density at radius 2 is 0.632 bits per heavy atom. The third-order valence-electron chi connectivity index (χ3n) is 9.05. The van der Waals surface area contributed by atoms with Crippen molar-refractivity contribution in [1.29, 1.82) is 0 Å². The zero-order valence-corrected chi connectivity index (χ0v) is 28.1. The molecule has 0 rings (SSSR count). The lowest BCUT2D eigenvalue weighted by Crippen LogP contribution is -2.37. The summed E-state index contributed by atoms with van der Waals surface area (Å²) in [5.41, 5.74) is 6.97. The SMILES string of the molecule is CCCCCCCCCCCCCCCCCC(N)C(C)(C)CCCCCCCCCCCCCCC.Cl. The molecule has 0 spiro atoms. The Balaban J connectivity index is 0. The van der Waals surface area contributed by atoms with E-state index < -0.39 is 0 Å². The van der Waals surface area contributed by atoms with Crippen LogP contribution in [-0.4, -0.2) is 6.04 Å². The summed E-state index contributed by atoms with van der Waals surface area (Å²) in [7, 11) is 0. The topological polar surface area (TPSA) is 26.0 Å². The van der Waals surface area contributed by atoms with E-state index in [4.69, 9.17) is 5.73 Å². The molecule has 2 heteroatoms. The second-order valence-electron chi connectivity index (χ2n) is 13.3. The predicted molar refractivity (Wildman–Crippen MR) is 179 cm³/mol. The van der Waals surface area contributed by atoms with Gasteiger partial charge in [0, 0.05) is 6.04 Å². The lowest BCUT2D eigenvalue weighted by molar-refractivity contribution is 0.238. The minimum Gasteiger partial charge on any atom is -0.327 e. The molecule has 1 nitrogen and oxygen atoms in total. The van der Waals surface area contributed by atoms with Gasteiger partial charge in [0.1, 0.15) is 0 Å². The summed E-state index contributed by atoms with van der Waals surface area (Å²) >= 11 is 0. The molecule has 0 radical (unpaired) electrons. The van der Waals surface area contributed by atoms with E-state index in [0.29, 0.717) is 11.5 Å². The normalized spacial score (nSPS) is 12.6. The first kappa shape index (κ1) is 40.4. The summed E-state index contributed by atoms with van der Waals surface area (Å²) in [5.74, 6) is 0. The molecule has 232 valence electrons. The molecule has 0 aliphatic carbocycles. The second kappa shape index (κ2) is 31.8. The standard InChI is InChI=1S/C36H75N.ClH/c1-5-7-9-11-13-15-17-19-20-21-23-25-27-29-31-33-35(37)36(3,4)34-32-30-28-26-24-22-18-16-14-12-10-8-6-2;/h35H,5-34,37H2,1-4H3;1H. The summed E-state index contributed by atoms with van der Waals surface area (Å²) in [4.78, 5) is 0. The van der Waals surface area contributed by atoms with Gasteiger partial charge in [-0.25, -0.2) is 0 Å². The number of hydrogen-bond donors (Lipinski definition) is 1. The molecule has 0 aromatic rings. The molecule has 0 aromatic heterocycles. The maximum atomic E-state index is 6.65. The zero-order chi connectivity index (χ0) is 27.3. The first-order chi connectivity index (χ1) is 18.0. The van der Waals surface area contributed by atoms with Crippen LogP contribution < -0.4 is 5.73 Å². The zero-order valence-electron chi connectivity index (χ0n) is 27.3. The van der Waals surface area contributed by atoms with Crippen LogP contribution in [0.4, 0.5) is 0 Å². The number of rotatable bonds is 31. The first-order valence-electron chi connectivity index (χ1n) is 17.8. The van der Waals surface area contributed by atoms with E-state index in [0.717, 1.165) is 0 Å². The average molecular weight is 558 g/mol. The van der Waals surface area contributed by atoms with Gasteiger partial charge in [0.25, 0.3) is 0 Å². The van der Waals surface area contributed by atoms with Crippen LogP contribution >= 0.6 is 12.4 Å². The molecular formula is C36H76ClN. The molecule has 0 fully saturated rings. The number of unbranched alkanes of at least 4 members (excludes halogenated alkanes) is 26. The van der Waals surface area contributed by atoms with E-state index in [1.54, 1.807) is 0 Å². The predicted octanol–water partition coefficient (Wildman–Crippen LogP) is 13.5. The highest BCUT2D eigenvalue weighted by Crippen LogP contribution is 2.30. The van der Waals surface area contributed by atoms with Gasteiger partial charge in [-0.05, 0) is 18.3 Å². The van der Waals surface area contributed by atoms with Crippen molar-refractivity contribution in [3.8, 4) is 0 Å². The Labute approximate surface area is 249 Å². The molecule has 0 aliphatic heterocycles. The van der Waals surface area contributed by atoms with Crippen LogP contribution in [0.25, 0.3) is 0 Å². The minimum atomic E-state index is 0. The van der Waals surface area contributed by atoms with Gasteiger partial charge in [-0.15, -0.1) is 12.4 Å². The first-order valence-corrected chi connectivity index (χ1v) is 17.8. The molecule has 0 aliphatic rings. The Kier molecular flexibility index (Phi) is 33.8. The van der Waals surface area contributed by atoms with Crippen molar-refractivity contribution in [2.75, 3.05) is 0 Å². The average Bonchev–Trinajstić information content (AvgIpc) is 2.88. The summed E-state index contributed by atoms with van der Waals surface area (Å²) in [6.45, 7) is 9.45. The Morgan fingerprint density at radius 3 is 0.921 bits per heavy atom. The molecular weight excluding hydrogens is 482 g/mol. The van der Waals surface area contributed by atoms with Crippen molar-refractivity contribution in [2.24, 2.45) is 11.1 Å². The Hall–Kier alpha value is 0.250. The van der Waals surface area contributed by atoms with Crippen molar-refractivity contribution in [1.82, 2.24) is 0 Å². The van der Waals surface area contributed by atoms with Crippen LogP contribution in [-0.2, 0) is 0 Å². The molecule has 1 atom stereocenters. The Bertz CT molecular complexity index is 422. The molecule has 0 aromatic carbocycles. The van der Waals surface area contributed by atoms with Crippen LogP contribution in [0.5, 0.6) is 0 Å². The summed E-state index contributed by atoms with van der Waals surface area (Å²) in [6.07, 6.45) is 42.8. The van der Waals surface area contributed by atoms with Crippen LogP contribution in [0.3, 0.4) is 0 Å². The largest absolute Gasteiger partial charge is 0.327 e. The van der Waals surface area contributed by atoms with Crippen LogP contribution in [0, 0.1) is 5.41 Å². The highest BCUT2D eigenvalue weighted by atomic mass is 35.5. The maximum Gasteiger partial charge on any atom is 0.00902 e. The fourth-order valence-corrected chi connectivity index (χ4v) is 5.91. The quantitative estimate of drug-likeness (QED) is 0.0842. The second-order valence-corrected chi connectivity index (χ2v) is 13.3. The van der Waals surface area contributed by atoms with E-state index in [-0.39, 0.29) is 12.4 Å². The fourth-order valence-electron chi connectivity index (χ4n) is 5.91. The highest BCUT2D eigenvalue weighted by Gasteiger charge is 2.25. The lowest BCUT2D eigenvalue weighted by atomic mass is 9.78. The monoisotopic (exact) mass is 558 g/mol. The van der Waals surface area contributed by atoms with Gasteiger partial charge in [0.15, 0.2) is 0 Å². The lowest BCUT2D eigenvalue weighted by Gasteiger charge is -2.32.